The predicted octanol–water partition coefficient (Wildman–Crippen LogP) is 3.68. The number of fused-ring (bicyclic) bond motifs is 1. The molecule has 4 rings (SSSR count). The summed E-state index contributed by atoms with van der Waals surface area (Å²) >= 11 is 2.88. The third kappa shape index (κ3) is 4.57. The number of carbonyl (C=O) groups is 1. The molecule has 2 heterocycles. The third-order valence-electron chi connectivity index (χ3n) is 4.56. The molecule has 0 bridgehead atoms. The summed E-state index contributed by atoms with van der Waals surface area (Å²) in [7, 11) is 0. The SMILES string of the molecule is CC1Cc2nc(SCC(=O)NCc3ccccc3)n(-c3ccccc3)c(=O)c2S1. The van der Waals surface area contributed by atoms with E-state index in [0.29, 0.717) is 17.0 Å². The van der Waals surface area contributed by atoms with Crippen LogP contribution < -0.4 is 10.9 Å². The Morgan fingerprint density at radius 1 is 1.17 bits per heavy atom. The molecule has 1 atom stereocenters. The lowest BCUT2D eigenvalue weighted by Crippen LogP contribution is -2.27. The van der Waals surface area contributed by atoms with Crippen molar-refractivity contribution in [3.63, 3.8) is 0 Å². The highest BCUT2D eigenvalue weighted by atomic mass is 32.2. The zero-order valence-corrected chi connectivity index (χ0v) is 17.6. The number of benzene rings is 2. The summed E-state index contributed by atoms with van der Waals surface area (Å²) in [6, 6.07) is 19.3. The maximum atomic E-state index is 13.2. The van der Waals surface area contributed by atoms with Crippen LogP contribution in [0.25, 0.3) is 5.69 Å². The van der Waals surface area contributed by atoms with Gasteiger partial charge in [-0.2, -0.15) is 0 Å². The molecule has 1 N–H and O–H groups in total. The Labute approximate surface area is 177 Å². The molecule has 1 aliphatic heterocycles. The van der Waals surface area contributed by atoms with E-state index in [1.807, 2.05) is 60.7 Å². The Hall–Kier alpha value is -2.51. The van der Waals surface area contributed by atoms with Gasteiger partial charge in [-0.1, -0.05) is 67.2 Å². The Morgan fingerprint density at radius 2 is 1.86 bits per heavy atom. The fourth-order valence-corrected chi connectivity index (χ4v) is 5.13. The lowest BCUT2D eigenvalue weighted by atomic mass is 10.2. The first-order valence-corrected chi connectivity index (χ1v) is 11.3. The number of rotatable bonds is 6. The number of thioether (sulfide) groups is 2. The molecule has 0 aliphatic carbocycles. The second-order valence-corrected chi connectivity index (χ2v) is 9.22. The Morgan fingerprint density at radius 3 is 2.59 bits per heavy atom. The minimum Gasteiger partial charge on any atom is -0.351 e. The van der Waals surface area contributed by atoms with E-state index in [1.165, 1.54) is 11.8 Å². The maximum Gasteiger partial charge on any atom is 0.272 e. The third-order valence-corrected chi connectivity index (χ3v) is 6.71. The van der Waals surface area contributed by atoms with Crippen LogP contribution in [-0.2, 0) is 17.8 Å². The van der Waals surface area contributed by atoms with Crippen molar-refractivity contribution in [2.75, 3.05) is 5.75 Å². The fourth-order valence-electron chi connectivity index (χ4n) is 3.18. The van der Waals surface area contributed by atoms with Crippen LogP contribution in [0, 0.1) is 0 Å². The van der Waals surface area contributed by atoms with Crippen molar-refractivity contribution in [2.45, 2.75) is 35.2 Å². The average molecular weight is 424 g/mol. The first-order chi connectivity index (χ1) is 14.1. The molecular formula is C22H21N3O2S2. The van der Waals surface area contributed by atoms with E-state index in [9.17, 15) is 9.59 Å². The summed E-state index contributed by atoms with van der Waals surface area (Å²) in [6.07, 6.45) is 0.776. The highest BCUT2D eigenvalue weighted by Gasteiger charge is 2.27. The number of carbonyl (C=O) groups excluding carboxylic acids is 1. The van der Waals surface area contributed by atoms with Crippen molar-refractivity contribution in [1.29, 1.82) is 0 Å². The molecule has 29 heavy (non-hydrogen) atoms. The van der Waals surface area contributed by atoms with Crippen LogP contribution in [0.2, 0.25) is 0 Å². The summed E-state index contributed by atoms with van der Waals surface area (Å²) < 4.78 is 1.62. The Kier molecular flexibility index (Phi) is 6.06. The van der Waals surface area contributed by atoms with Crippen LogP contribution in [0.4, 0.5) is 0 Å². The van der Waals surface area contributed by atoms with E-state index in [1.54, 1.807) is 16.3 Å². The largest absolute Gasteiger partial charge is 0.351 e. The van der Waals surface area contributed by atoms with Gasteiger partial charge in [0.1, 0.15) is 0 Å². The van der Waals surface area contributed by atoms with Gasteiger partial charge in [0.05, 0.1) is 22.0 Å². The van der Waals surface area contributed by atoms with Crippen molar-refractivity contribution >= 4 is 29.4 Å². The quantitative estimate of drug-likeness (QED) is 0.484. The van der Waals surface area contributed by atoms with Gasteiger partial charge in [-0.25, -0.2) is 4.98 Å². The second kappa shape index (κ2) is 8.88. The van der Waals surface area contributed by atoms with Gasteiger partial charge in [0.15, 0.2) is 5.16 Å². The number of hydrogen-bond donors (Lipinski definition) is 1. The van der Waals surface area contributed by atoms with Gasteiger partial charge in [0, 0.05) is 18.2 Å². The summed E-state index contributed by atoms with van der Waals surface area (Å²) in [5.74, 6) is 0.115. The van der Waals surface area contributed by atoms with Crippen molar-refractivity contribution in [1.82, 2.24) is 14.9 Å². The van der Waals surface area contributed by atoms with Gasteiger partial charge in [-0.15, -0.1) is 11.8 Å². The molecular weight excluding hydrogens is 402 g/mol. The zero-order valence-electron chi connectivity index (χ0n) is 16.0. The van der Waals surface area contributed by atoms with Gasteiger partial charge in [-0.05, 0) is 17.7 Å². The van der Waals surface area contributed by atoms with Crippen LogP contribution >= 0.6 is 23.5 Å². The molecule has 0 fully saturated rings. The van der Waals surface area contributed by atoms with Crippen LogP contribution in [-0.4, -0.2) is 26.5 Å². The summed E-state index contributed by atoms with van der Waals surface area (Å²) in [5, 5.41) is 3.82. The second-order valence-electron chi connectivity index (χ2n) is 6.83. The molecule has 148 valence electrons. The molecule has 0 spiro atoms. The molecule has 1 aliphatic rings. The van der Waals surface area contributed by atoms with E-state index in [0.717, 1.165) is 28.3 Å². The van der Waals surface area contributed by atoms with Gasteiger partial charge < -0.3 is 5.32 Å². The molecule has 0 saturated heterocycles. The van der Waals surface area contributed by atoms with Crippen molar-refractivity contribution in [2.24, 2.45) is 0 Å². The first kappa shape index (κ1) is 19.8. The maximum absolute atomic E-state index is 13.2. The number of nitrogens with zero attached hydrogens (tertiary/aromatic N) is 2. The lowest BCUT2D eigenvalue weighted by molar-refractivity contribution is -0.118. The number of nitrogens with one attached hydrogen (secondary N) is 1. The monoisotopic (exact) mass is 423 g/mol. The molecule has 0 saturated carbocycles. The molecule has 0 radical (unpaired) electrons. The molecule has 5 nitrogen and oxygen atoms in total. The van der Waals surface area contributed by atoms with Gasteiger partial charge in [0.2, 0.25) is 5.91 Å². The normalized spacial score (nSPS) is 15.1. The minimum atomic E-state index is -0.0871. The van der Waals surface area contributed by atoms with Crippen LogP contribution in [0.5, 0.6) is 0 Å². The molecule has 1 aromatic heterocycles. The summed E-state index contributed by atoms with van der Waals surface area (Å²) in [6.45, 7) is 2.58. The standard InChI is InChI=1S/C22H21N3O2S2/c1-15-12-18-20(29-15)21(27)25(17-10-6-3-7-11-17)22(24-18)28-14-19(26)23-13-16-8-4-2-5-9-16/h2-11,15H,12-14H2,1H3,(H,23,26). The van der Waals surface area contributed by atoms with Crippen LogP contribution in [0.15, 0.2) is 75.5 Å². The topological polar surface area (TPSA) is 64.0 Å². The Bertz CT molecular complexity index is 1070. The van der Waals surface area contributed by atoms with Crippen molar-refractivity contribution in [3.8, 4) is 5.69 Å². The fraction of sp³-hybridized carbons (Fsp3) is 0.227. The van der Waals surface area contributed by atoms with Crippen molar-refractivity contribution < 1.29 is 4.79 Å². The number of para-hydroxylation sites is 1. The number of amides is 1. The summed E-state index contributed by atoms with van der Waals surface area (Å²) in [4.78, 5) is 31.0. The zero-order chi connectivity index (χ0) is 20.2. The Balaban J connectivity index is 1.55. The summed E-state index contributed by atoms with van der Waals surface area (Å²) in [5.41, 5.74) is 2.60. The van der Waals surface area contributed by atoms with E-state index < -0.39 is 0 Å². The lowest BCUT2D eigenvalue weighted by Gasteiger charge is -2.13. The predicted molar refractivity (Wildman–Crippen MR) is 118 cm³/mol. The average Bonchev–Trinajstić information content (AvgIpc) is 3.13. The van der Waals surface area contributed by atoms with E-state index in [2.05, 4.69) is 12.2 Å². The van der Waals surface area contributed by atoms with E-state index >= 15 is 0 Å². The smallest absolute Gasteiger partial charge is 0.272 e. The molecule has 2 aromatic carbocycles. The first-order valence-electron chi connectivity index (χ1n) is 9.43. The number of hydrogen-bond acceptors (Lipinski definition) is 5. The molecule has 1 unspecified atom stereocenters. The minimum absolute atomic E-state index is 0.0530. The van der Waals surface area contributed by atoms with Crippen LogP contribution in [0.3, 0.4) is 0 Å². The van der Waals surface area contributed by atoms with Crippen molar-refractivity contribution in [3.05, 3.63) is 82.3 Å². The van der Waals surface area contributed by atoms with E-state index in [-0.39, 0.29) is 17.2 Å². The number of aromatic nitrogens is 2. The molecule has 1 amide bonds. The van der Waals surface area contributed by atoms with Gasteiger partial charge in [-0.3, -0.25) is 14.2 Å². The highest BCUT2D eigenvalue weighted by Crippen LogP contribution is 2.34. The highest BCUT2D eigenvalue weighted by molar-refractivity contribution is 8.00. The molecule has 7 heteroatoms. The molecule has 3 aromatic rings. The van der Waals surface area contributed by atoms with Gasteiger partial charge >= 0.3 is 0 Å². The van der Waals surface area contributed by atoms with Crippen LogP contribution in [0.1, 0.15) is 18.2 Å². The van der Waals surface area contributed by atoms with Gasteiger partial charge in [0.25, 0.3) is 5.56 Å². The van der Waals surface area contributed by atoms with E-state index in [4.69, 9.17) is 4.98 Å².